The van der Waals surface area contributed by atoms with Crippen LogP contribution in [0.1, 0.15) is 11.3 Å². The number of thioether (sulfide) groups is 1. The summed E-state index contributed by atoms with van der Waals surface area (Å²) in [5, 5.41) is 28.0. The summed E-state index contributed by atoms with van der Waals surface area (Å²) in [7, 11) is 1.88. The summed E-state index contributed by atoms with van der Waals surface area (Å²) < 4.78 is 12.7. The predicted molar refractivity (Wildman–Crippen MR) is 96.8 cm³/mol. The number of benzene rings is 1. The van der Waals surface area contributed by atoms with E-state index in [1.807, 2.05) is 30.7 Å². The van der Waals surface area contributed by atoms with Crippen LogP contribution >= 0.6 is 11.8 Å². The van der Waals surface area contributed by atoms with Crippen LogP contribution in [-0.4, -0.2) is 38.3 Å². The van der Waals surface area contributed by atoms with Crippen LogP contribution in [0.4, 0.5) is 0 Å². The van der Waals surface area contributed by atoms with Gasteiger partial charge in [0.2, 0.25) is 0 Å². The molecule has 3 rings (SSSR count). The first kappa shape index (κ1) is 18.0. The van der Waals surface area contributed by atoms with Gasteiger partial charge in [0.15, 0.2) is 11.0 Å². The smallest absolute Gasteiger partial charge is 0.191 e. The van der Waals surface area contributed by atoms with Crippen molar-refractivity contribution >= 4 is 11.8 Å². The topological polar surface area (TPSA) is 97.1 Å². The quantitative estimate of drug-likeness (QED) is 0.639. The number of furan rings is 1. The van der Waals surface area contributed by atoms with Crippen LogP contribution in [0.3, 0.4) is 0 Å². The SMILES string of the molecule is Cc1occc1-c1nnc(SCC(O)COc2ccc(C#N)cc2)n1C. The fourth-order valence-corrected chi connectivity index (χ4v) is 3.15. The Balaban J connectivity index is 1.53. The van der Waals surface area contributed by atoms with Crippen molar-refractivity contribution in [3.05, 3.63) is 47.9 Å². The molecule has 0 spiro atoms. The Kier molecular flexibility index (Phi) is 5.61. The third kappa shape index (κ3) is 4.07. The van der Waals surface area contributed by atoms with E-state index in [1.54, 1.807) is 30.5 Å². The van der Waals surface area contributed by atoms with Gasteiger partial charge in [-0.2, -0.15) is 5.26 Å². The van der Waals surface area contributed by atoms with Crippen molar-refractivity contribution in [3.8, 4) is 23.2 Å². The van der Waals surface area contributed by atoms with E-state index in [0.717, 1.165) is 17.1 Å². The number of aliphatic hydroxyl groups is 1. The first-order valence-electron chi connectivity index (χ1n) is 7.96. The Morgan fingerprint density at radius 3 is 2.73 bits per heavy atom. The summed E-state index contributed by atoms with van der Waals surface area (Å²) in [6, 6.07) is 10.7. The lowest BCUT2D eigenvalue weighted by Gasteiger charge is -2.12. The van der Waals surface area contributed by atoms with Crippen LogP contribution in [0, 0.1) is 18.3 Å². The van der Waals surface area contributed by atoms with Gasteiger partial charge in [0.25, 0.3) is 0 Å². The van der Waals surface area contributed by atoms with Crippen molar-refractivity contribution < 1.29 is 14.3 Å². The fourth-order valence-electron chi connectivity index (χ4n) is 2.33. The standard InChI is InChI=1S/C18H18N4O3S/c1-12-16(7-8-24-12)17-20-21-18(22(17)2)26-11-14(23)10-25-15-5-3-13(9-19)4-6-15/h3-8,14,23H,10-11H2,1-2H3. The summed E-state index contributed by atoms with van der Waals surface area (Å²) in [5.74, 6) is 2.55. The Bertz CT molecular complexity index is 911. The molecule has 0 aliphatic rings. The highest BCUT2D eigenvalue weighted by atomic mass is 32.2. The number of rotatable bonds is 7. The third-order valence-electron chi connectivity index (χ3n) is 3.77. The number of aromatic nitrogens is 3. The molecule has 1 aromatic carbocycles. The molecule has 0 aliphatic carbocycles. The van der Waals surface area contributed by atoms with Crippen LogP contribution in [0.2, 0.25) is 0 Å². The van der Waals surface area contributed by atoms with E-state index in [2.05, 4.69) is 10.2 Å². The Morgan fingerprint density at radius 1 is 1.31 bits per heavy atom. The van der Waals surface area contributed by atoms with Crippen LogP contribution in [0.15, 0.2) is 46.2 Å². The normalized spacial score (nSPS) is 11.9. The van der Waals surface area contributed by atoms with Gasteiger partial charge >= 0.3 is 0 Å². The number of hydrogen-bond donors (Lipinski definition) is 1. The zero-order valence-electron chi connectivity index (χ0n) is 14.4. The predicted octanol–water partition coefficient (Wildman–Crippen LogP) is 2.79. The molecular weight excluding hydrogens is 352 g/mol. The Hall–Kier alpha value is -2.76. The number of aliphatic hydroxyl groups excluding tert-OH is 1. The minimum Gasteiger partial charge on any atom is -0.491 e. The van der Waals surface area contributed by atoms with Crippen molar-refractivity contribution in [1.82, 2.24) is 14.8 Å². The average molecular weight is 370 g/mol. The molecule has 1 N–H and O–H groups in total. The zero-order valence-corrected chi connectivity index (χ0v) is 15.2. The monoisotopic (exact) mass is 370 g/mol. The van der Waals surface area contributed by atoms with Gasteiger partial charge in [0.05, 0.1) is 29.6 Å². The van der Waals surface area contributed by atoms with Crippen molar-refractivity contribution in [2.75, 3.05) is 12.4 Å². The van der Waals surface area contributed by atoms with E-state index in [1.165, 1.54) is 11.8 Å². The highest BCUT2D eigenvalue weighted by molar-refractivity contribution is 7.99. The summed E-state index contributed by atoms with van der Waals surface area (Å²) in [6.45, 7) is 2.03. The zero-order chi connectivity index (χ0) is 18.5. The molecule has 0 amide bonds. The molecule has 1 unspecified atom stereocenters. The van der Waals surface area contributed by atoms with Crippen LogP contribution in [0.25, 0.3) is 11.4 Å². The minimum absolute atomic E-state index is 0.157. The minimum atomic E-state index is -0.661. The second-order valence-corrected chi connectivity index (χ2v) is 6.65. The maximum absolute atomic E-state index is 10.1. The molecule has 2 aromatic heterocycles. The number of aryl methyl sites for hydroxylation is 1. The van der Waals surface area contributed by atoms with Crippen LogP contribution in [0.5, 0.6) is 5.75 Å². The lowest BCUT2D eigenvalue weighted by molar-refractivity contribution is 0.126. The lowest BCUT2D eigenvalue weighted by atomic mass is 10.2. The van der Waals surface area contributed by atoms with Crippen molar-refractivity contribution in [3.63, 3.8) is 0 Å². The second-order valence-electron chi connectivity index (χ2n) is 5.67. The molecule has 7 nitrogen and oxygen atoms in total. The second kappa shape index (κ2) is 8.08. The average Bonchev–Trinajstić information content (AvgIpc) is 3.23. The van der Waals surface area contributed by atoms with E-state index in [9.17, 15) is 5.11 Å². The molecule has 26 heavy (non-hydrogen) atoms. The number of hydrogen-bond acceptors (Lipinski definition) is 7. The van der Waals surface area contributed by atoms with E-state index >= 15 is 0 Å². The van der Waals surface area contributed by atoms with Crippen molar-refractivity contribution in [2.24, 2.45) is 7.05 Å². The number of nitrogens with zero attached hydrogens (tertiary/aromatic N) is 4. The van der Waals surface area contributed by atoms with Gasteiger partial charge < -0.3 is 18.8 Å². The molecule has 0 radical (unpaired) electrons. The fraction of sp³-hybridized carbons (Fsp3) is 0.278. The molecule has 134 valence electrons. The summed E-state index contributed by atoms with van der Waals surface area (Å²) in [4.78, 5) is 0. The van der Waals surface area contributed by atoms with E-state index in [0.29, 0.717) is 22.2 Å². The van der Waals surface area contributed by atoms with Gasteiger partial charge in [-0.15, -0.1) is 10.2 Å². The first-order valence-corrected chi connectivity index (χ1v) is 8.94. The largest absolute Gasteiger partial charge is 0.491 e. The van der Waals surface area contributed by atoms with Crippen LogP contribution in [-0.2, 0) is 7.05 Å². The van der Waals surface area contributed by atoms with Gasteiger partial charge in [-0.1, -0.05) is 11.8 Å². The third-order valence-corrected chi connectivity index (χ3v) is 4.93. The van der Waals surface area contributed by atoms with Gasteiger partial charge in [0.1, 0.15) is 18.1 Å². The van der Waals surface area contributed by atoms with Crippen LogP contribution < -0.4 is 4.74 Å². The summed E-state index contributed by atoms with van der Waals surface area (Å²) in [6.07, 6.45) is 0.961. The molecule has 0 bridgehead atoms. The molecule has 0 saturated heterocycles. The number of nitriles is 1. The number of ether oxygens (including phenoxy) is 1. The molecule has 2 heterocycles. The lowest BCUT2D eigenvalue weighted by Crippen LogP contribution is -2.20. The van der Waals surface area contributed by atoms with E-state index < -0.39 is 6.10 Å². The van der Waals surface area contributed by atoms with E-state index in [4.69, 9.17) is 14.4 Å². The van der Waals surface area contributed by atoms with Crippen molar-refractivity contribution in [1.29, 1.82) is 5.26 Å². The molecule has 0 fully saturated rings. The molecule has 1 atom stereocenters. The summed E-state index contributed by atoms with van der Waals surface area (Å²) in [5.41, 5.74) is 1.47. The first-order chi connectivity index (χ1) is 12.6. The van der Waals surface area contributed by atoms with Gasteiger partial charge in [-0.3, -0.25) is 0 Å². The Morgan fingerprint density at radius 2 is 2.08 bits per heavy atom. The van der Waals surface area contributed by atoms with Gasteiger partial charge in [-0.05, 0) is 37.3 Å². The maximum Gasteiger partial charge on any atom is 0.191 e. The maximum atomic E-state index is 10.1. The Labute approximate surface area is 155 Å². The molecular formula is C18H18N4O3S. The molecule has 3 aromatic rings. The van der Waals surface area contributed by atoms with E-state index in [-0.39, 0.29) is 6.61 Å². The summed E-state index contributed by atoms with van der Waals surface area (Å²) >= 11 is 1.41. The highest BCUT2D eigenvalue weighted by Gasteiger charge is 2.16. The molecule has 0 aliphatic heterocycles. The van der Waals surface area contributed by atoms with Crippen molar-refractivity contribution in [2.45, 2.75) is 18.2 Å². The molecule has 8 heteroatoms. The molecule has 0 saturated carbocycles. The van der Waals surface area contributed by atoms with Gasteiger partial charge in [0, 0.05) is 12.8 Å². The highest BCUT2D eigenvalue weighted by Crippen LogP contribution is 2.26. The van der Waals surface area contributed by atoms with Gasteiger partial charge in [-0.25, -0.2) is 0 Å².